The van der Waals surface area contributed by atoms with E-state index in [2.05, 4.69) is 42.2 Å². The van der Waals surface area contributed by atoms with Crippen LogP contribution in [0.15, 0.2) is 59.5 Å². The molecule has 24 heavy (non-hydrogen) atoms. The molecule has 0 aliphatic carbocycles. The Bertz CT molecular complexity index is 702. The highest BCUT2D eigenvalue weighted by atomic mass is 32.2. The van der Waals surface area contributed by atoms with Gasteiger partial charge < -0.3 is 9.80 Å². The first-order valence-corrected chi connectivity index (χ1v) is 9.22. The molecule has 1 amide bonds. The predicted octanol–water partition coefficient (Wildman–Crippen LogP) is 4.06. The number of anilines is 1. The van der Waals surface area contributed by atoms with Crippen molar-refractivity contribution in [3.8, 4) is 0 Å². The molecule has 3 rings (SSSR count). The molecule has 4 heteroatoms. The molecule has 1 heterocycles. The number of benzene rings is 2. The van der Waals surface area contributed by atoms with Crippen molar-refractivity contribution in [3.63, 3.8) is 0 Å². The lowest BCUT2D eigenvalue weighted by Crippen LogP contribution is -2.40. The summed E-state index contributed by atoms with van der Waals surface area (Å²) in [5.74, 6) is 0.148. The van der Waals surface area contributed by atoms with Crippen LogP contribution in [-0.2, 0) is 4.79 Å². The van der Waals surface area contributed by atoms with Gasteiger partial charge in [0.25, 0.3) is 0 Å². The van der Waals surface area contributed by atoms with Crippen LogP contribution in [-0.4, -0.2) is 38.0 Å². The number of carbonyl (C=O) groups is 1. The SMILES string of the molecule is C[C@@H]1C(=O)N(CCN(C)C)c2ccccc2S[C@H]1c1ccccc1. The third-order valence-electron chi connectivity index (χ3n) is 4.42. The minimum atomic E-state index is -0.0630. The number of para-hydroxylation sites is 1. The van der Waals surface area contributed by atoms with E-state index in [1.165, 1.54) is 10.5 Å². The first-order chi connectivity index (χ1) is 11.6. The summed E-state index contributed by atoms with van der Waals surface area (Å²) in [5, 5.41) is 0.143. The highest BCUT2D eigenvalue weighted by Gasteiger charge is 2.35. The van der Waals surface area contributed by atoms with Crippen molar-refractivity contribution < 1.29 is 4.79 Å². The van der Waals surface area contributed by atoms with Crippen LogP contribution in [0.25, 0.3) is 0 Å². The average molecular weight is 340 g/mol. The Kier molecular flexibility index (Phi) is 5.27. The van der Waals surface area contributed by atoms with Gasteiger partial charge in [-0.05, 0) is 31.8 Å². The molecule has 2 atom stereocenters. The van der Waals surface area contributed by atoms with Crippen molar-refractivity contribution in [1.82, 2.24) is 4.90 Å². The lowest BCUT2D eigenvalue weighted by Gasteiger charge is -2.27. The van der Waals surface area contributed by atoms with Gasteiger partial charge in [-0.15, -0.1) is 11.8 Å². The van der Waals surface area contributed by atoms with E-state index in [1.54, 1.807) is 11.8 Å². The summed E-state index contributed by atoms with van der Waals surface area (Å²) >= 11 is 1.80. The fourth-order valence-electron chi connectivity index (χ4n) is 3.04. The number of rotatable bonds is 4. The minimum absolute atomic E-state index is 0.0630. The summed E-state index contributed by atoms with van der Waals surface area (Å²) in [4.78, 5) is 18.5. The molecule has 0 fully saturated rings. The molecule has 0 unspecified atom stereocenters. The Balaban J connectivity index is 1.99. The number of carbonyl (C=O) groups excluding carboxylic acids is 1. The fourth-order valence-corrected chi connectivity index (χ4v) is 4.39. The van der Waals surface area contributed by atoms with E-state index in [-0.39, 0.29) is 17.1 Å². The first-order valence-electron chi connectivity index (χ1n) is 8.34. The minimum Gasteiger partial charge on any atom is -0.310 e. The molecule has 0 saturated carbocycles. The van der Waals surface area contributed by atoms with Gasteiger partial charge >= 0.3 is 0 Å². The molecule has 0 bridgehead atoms. The van der Waals surface area contributed by atoms with Gasteiger partial charge in [-0.3, -0.25) is 4.79 Å². The van der Waals surface area contributed by atoms with Crippen LogP contribution in [0.4, 0.5) is 5.69 Å². The van der Waals surface area contributed by atoms with Crippen molar-refractivity contribution in [2.75, 3.05) is 32.1 Å². The number of hydrogen-bond acceptors (Lipinski definition) is 3. The molecule has 0 spiro atoms. The molecule has 1 aliphatic rings. The molecule has 2 aromatic carbocycles. The summed E-state index contributed by atoms with van der Waals surface area (Å²) in [6, 6.07) is 18.6. The smallest absolute Gasteiger partial charge is 0.231 e. The predicted molar refractivity (Wildman–Crippen MR) is 102 cm³/mol. The maximum absolute atomic E-state index is 13.2. The second kappa shape index (κ2) is 7.41. The zero-order valence-electron chi connectivity index (χ0n) is 14.5. The third kappa shape index (κ3) is 3.50. The molecule has 1 aliphatic heterocycles. The van der Waals surface area contributed by atoms with Crippen LogP contribution in [0, 0.1) is 5.92 Å². The summed E-state index contributed by atoms with van der Waals surface area (Å²) < 4.78 is 0. The van der Waals surface area contributed by atoms with Gasteiger partial charge in [0, 0.05) is 23.2 Å². The van der Waals surface area contributed by atoms with Gasteiger partial charge in [-0.1, -0.05) is 49.4 Å². The number of thioether (sulfide) groups is 1. The molecule has 126 valence electrons. The van der Waals surface area contributed by atoms with E-state index in [0.29, 0.717) is 0 Å². The van der Waals surface area contributed by atoms with Gasteiger partial charge in [-0.2, -0.15) is 0 Å². The Morgan fingerprint density at radius 3 is 2.42 bits per heavy atom. The number of hydrogen-bond donors (Lipinski definition) is 0. The maximum atomic E-state index is 13.2. The van der Waals surface area contributed by atoms with Crippen LogP contribution >= 0.6 is 11.8 Å². The molecular formula is C20H24N2OS. The highest BCUT2D eigenvalue weighted by molar-refractivity contribution is 7.99. The van der Waals surface area contributed by atoms with Crippen molar-refractivity contribution in [2.24, 2.45) is 5.92 Å². The lowest BCUT2D eigenvalue weighted by atomic mass is 9.99. The Morgan fingerprint density at radius 1 is 1.04 bits per heavy atom. The third-order valence-corrected chi connectivity index (χ3v) is 5.95. The summed E-state index contributed by atoms with van der Waals surface area (Å²) in [6.07, 6.45) is 0. The topological polar surface area (TPSA) is 23.6 Å². The Morgan fingerprint density at radius 2 is 1.71 bits per heavy atom. The van der Waals surface area contributed by atoms with Crippen LogP contribution in [0.5, 0.6) is 0 Å². The molecule has 3 nitrogen and oxygen atoms in total. The highest BCUT2D eigenvalue weighted by Crippen LogP contribution is 2.47. The largest absolute Gasteiger partial charge is 0.310 e. The van der Waals surface area contributed by atoms with Gasteiger partial charge in [-0.25, -0.2) is 0 Å². The fraction of sp³-hybridized carbons (Fsp3) is 0.350. The van der Waals surface area contributed by atoms with Gasteiger partial charge in [0.05, 0.1) is 11.6 Å². The molecule has 0 saturated heterocycles. The standard InChI is InChI=1S/C20H24N2OS/c1-15-19(16-9-5-4-6-10-16)24-18-12-8-7-11-17(18)22(20(15)23)14-13-21(2)3/h4-12,15,19H,13-14H2,1-3H3/t15-,19+/m0/s1. The van der Waals surface area contributed by atoms with Gasteiger partial charge in [0.2, 0.25) is 5.91 Å². The van der Waals surface area contributed by atoms with E-state index in [1.807, 2.05) is 43.3 Å². The second-order valence-corrected chi connectivity index (χ2v) is 7.68. The Labute approximate surface area is 148 Å². The Hall–Kier alpha value is -1.78. The number of fused-ring (bicyclic) bond motifs is 1. The zero-order valence-corrected chi connectivity index (χ0v) is 15.3. The van der Waals surface area contributed by atoms with Crippen LogP contribution in [0.2, 0.25) is 0 Å². The van der Waals surface area contributed by atoms with Crippen LogP contribution < -0.4 is 4.90 Å². The monoisotopic (exact) mass is 340 g/mol. The van der Waals surface area contributed by atoms with Crippen molar-refractivity contribution >= 4 is 23.4 Å². The molecule has 0 N–H and O–H groups in total. The molecular weight excluding hydrogens is 316 g/mol. The number of amides is 1. The first kappa shape index (κ1) is 17.1. The molecule has 0 aromatic heterocycles. The van der Waals surface area contributed by atoms with Gasteiger partial charge in [0.15, 0.2) is 0 Å². The van der Waals surface area contributed by atoms with E-state index in [9.17, 15) is 4.79 Å². The second-order valence-electron chi connectivity index (χ2n) is 6.50. The lowest BCUT2D eigenvalue weighted by molar-refractivity contribution is -0.121. The summed E-state index contributed by atoms with van der Waals surface area (Å²) in [7, 11) is 4.08. The maximum Gasteiger partial charge on any atom is 0.231 e. The summed E-state index contributed by atoms with van der Waals surface area (Å²) in [6.45, 7) is 3.63. The normalized spacial score (nSPS) is 20.8. The number of nitrogens with zero attached hydrogens (tertiary/aromatic N) is 2. The zero-order chi connectivity index (χ0) is 17.1. The van der Waals surface area contributed by atoms with E-state index in [4.69, 9.17) is 0 Å². The van der Waals surface area contributed by atoms with Crippen LogP contribution in [0.1, 0.15) is 17.7 Å². The summed E-state index contributed by atoms with van der Waals surface area (Å²) in [5.41, 5.74) is 2.26. The average Bonchev–Trinajstić information content (AvgIpc) is 2.70. The van der Waals surface area contributed by atoms with Gasteiger partial charge in [0.1, 0.15) is 0 Å². The molecule has 2 aromatic rings. The van der Waals surface area contributed by atoms with E-state index >= 15 is 0 Å². The van der Waals surface area contributed by atoms with Crippen molar-refractivity contribution in [3.05, 3.63) is 60.2 Å². The van der Waals surface area contributed by atoms with Crippen molar-refractivity contribution in [1.29, 1.82) is 0 Å². The van der Waals surface area contributed by atoms with Crippen LogP contribution in [0.3, 0.4) is 0 Å². The van der Waals surface area contributed by atoms with E-state index < -0.39 is 0 Å². The van der Waals surface area contributed by atoms with E-state index in [0.717, 1.165) is 18.8 Å². The number of likely N-dealkylation sites (N-methyl/N-ethyl adjacent to an activating group) is 1. The van der Waals surface area contributed by atoms with Crippen molar-refractivity contribution in [2.45, 2.75) is 17.1 Å². The molecule has 0 radical (unpaired) electrons. The quantitative estimate of drug-likeness (QED) is 0.838.